The molecule has 2 nitrogen and oxygen atoms in total. The maximum Gasteiger partial charge on any atom is 0.104 e. The molecule has 0 bridgehead atoms. The number of piperidine rings is 1. The molecule has 3 heteroatoms. The third-order valence-electron chi connectivity index (χ3n) is 4.75. The van der Waals surface area contributed by atoms with Gasteiger partial charge in [0.2, 0.25) is 0 Å². The lowest BCUT2D eigenvalue weighted by atomic mass is 9.78. The lowest BCUT2D eigenvalue weighted by molar-refractivity contribution is 0.0554. The third-order valence-corrected chi connectivity index (χ3v) is 5.66. The number of hydrogen-bond acceptors (Lipinski definition) is 3. The topological polar surface area (TPSA) is 23.5 Å². The summed E-state index contributed by atoms with van der Waals surface area (Å²) in [6, 6.07) is 2.89. The molecule has 0 aromatic carbocycles. The van der Waals surface area contributed by atoms with Gasteiger partial charge >= 0.3 is 0 Å². The summed E-state index contributed by atoms with van der Waals surface area (Å²) in [4.78, 5) is 4.07. The van der Waals surface area contributed by atoms with E-state index < -0.39 is 0 Å². The van der Waals surface area contributed by atoms with Gasteiger partial charge in [0.1, 0.15) is 6.61 Å². The Bertz CT molecular complexity index is 497. The van der Waals surface area contributed by atoms with Crippen molar-refractivity contribution in [1.82, 2.24) is 4.90 Å². The molecule has 0 spiro atoms. The van der Waals surface area contributed by atoms with Crippen LogP contribution < -0.4 is 0 Å². The van der Waals surface area contributed by atoms with Crippen LogP contribution in [0.5, 0.6) is 0 Å². The average Bonchev–Trinajstić information content (AvgIpc) is 2.93. The lowest BCUT2D eigenvalue weighted by Crippen LogP contribution is -2.46. The summed E-state index contributed by atoms with van der Waals surface area (Å²) in [5.74, 6) is 6.80. The Morgan fingerprint density at radius 2 is 2.10 bits per heavy atom. The van der Waals surface area contributed by atoms with Crippen LogP contribution in [0.4, 0.5) is 0 Å². The number of nitrogens with zero attached hydrogens (tertiary/aromatic N) is 1. The zero-order chi connectivity index (χ0) is 13.8. The standard InChI is InChI=1S/C17H23NOS/c19-11-4-7-15-9-12-20-17(15)13-18-10-3-6-14-5-1-2-8-16(14)18/h9,12,14,16,19H,1-3,5-6,8,10-11,13H2. The minimum atomic E-state index is -0.0519. The smallest absolute Gasteiger partial charge is 0.104 e. The van der Waals surface area contributed by atoms with E-state index in [2.05, 4.69) is 28.2 Å². The van der Waals surface area contributed by atoms with Crippen molar-refractivity contribution >= 4 is 11.3 Å². The Labute approximate surface area is 125 Å². The van der Waals surface area contributed by atoms with Gasteiger partial charge < -0.3 is 5.11 Å². The number of fused-ring (bicyclic) bond motifs is 1. The summed E-state index contributed by atoms with van der Waals surface area (Å²) >= 11 is 1.81. The fraction of sp³-hybridized carbons (Fsp3) is 0.647. The molecule has 1 aromatic heterocycles. The predicted molar refractivity (Wildman–Crippen MR) is 83.7 cm³/mol. The van der Waals surface area contributed by atoms with Gasteiger partial charge in [-0.15, -0.1) is 11.3 Å². The molecule has 2 heterocycles. The van der Waals surface area contributed by atoms with Crippen molar-refractivity contribution in [3.8, 4) is 11.8 Å². The number of likely N-dealkylation sites (tertiary alicyclic amines) is 1. The maximum absolute atomic E-state index is 8.85. The van der Waals surface area contributed by atoms with Crippen LogP contribution in [0.25, 0.3) is 0 Å². The molecule has 2 aliphatic rings. The minimum absolute atomic E-state index is 0.0519. The monoisotopic (exact) mass is 289 g/mol. The van der Waals surface area contributed by atoms with Gasteiger partial charge in [-0.1, -0.05) is 24.7 Å². The number of thiophene rings is 1. The fourth-order valence-electron chi connectivity index (χ4n) is 3.82. The summed E-state index contributed by atoms with van der Waals surface area (Å²) in [5, 5.41) is 11.0. The van der Waals surface area contributed by atoms with Gasteiger partial charge in [-0.05, 0) is 49.6 Å². The summed E-state index contributed by atoms with van der Waals surface area (Å²) in [6.07, 6.45) is 8.43. The van der Waals surface area contributed by atoms with Crippen LogP contribution in [0.2, 0.25) is 0 Å². The Kier molecular flexibility index (Phi) is 4.77. The van der Waals surface area contributed by atoms with Gasteiger partial charge in [-0.3, -0.25) is 4.90 Å². The van der Waals surface area contributed by atoms with Crippen LogP contribution in [0.1, 0.15) is 49.0 Å². The summed E-state index contributed by atoms with van der Waals surface area (Å²) in [5.41, 5.74) is 1.11. The quantitative estimate of drug-likeness (QED) is 0.845. The van der Waals surface area contributed by atoms with E-state index in [1.54, 1.807) is 0 Å². The van der Waals surface area contributed by atoms with Crippen molar-refractivity contribution in [1.29, 1.82) is 0 Å². The molecule has 1 N–H and O–H groups in total. The first-order valence-electron chi connectivity index (χ1n) is 7.78. The van der Waals surface area contributed by atoms with Crippen LogP contribution in [0, 0.1) is 17.8 Å². The Balaban J connectivity index is 1.71. The second kappa shape index (κ2) is 6.76. The fourth-order valence-corrected chi connectivity index (χ4v) is 4.67. The molecule has 1 aromatic rings. The number of aliphatic hydroxyl groups is 1. The predicted octanol–water partition coefficient (Wildman–Crippen LogP) is 3.25. The Morgan fingerprint density at radius 1 is 1.25 bits per heavy atom. The molecule has 108 valence electrons. The van der Waals surface area contributed by atoms with Gasteiger partial charge in [0.25, 0.3) is 0 Å². The van der Waals surface area contributed by atoms with Gasteiger partial charge in [0.15, 0.2) is 0 Å². The number of rotatable bonds is 2. The summed E-state index contributed by atoms with van der Waals surface area (Å²) in [6.45, 7) is 2.24. The van der Waals surface area contributed by atoms with Crippen molar-refractivity contribution in [3.05, 3.63) is 21.9 Å². The second-order valence-corrected chi connectivity index (χ2v) is 6.94. The third kappa shape index (κ3) is 3.09. The van der Waals surface area contributed by atoms with Gasteiger partial charge in [-0.25, -0.2) is 0 Å². The van der Waals surface area contributed by atoms with Crippen LogP contribution in [-0.4, -0.2) is 29.2 Å². The highest BCUT2D eigenvalue weighted by Gasteiger charge is 2.33. The molecular formula is C17H23NOS. The molecule has 0 radical (unpaired) electrons. The van der Waals surface area contributed by atoms with E-state index in [4.69, 9.17) is 5.11 Å². The van der Waals surface area contributed by atoms with Crippen LogP contribution in [-0.2, 0) is 6.54 Å². The first-order valence-corrected chi connectivity index (χ1v) is 8.66. The zero-order valence-corrected chi connectivity index (χ0v) is 12.8. The van der Waals surface area contributed by atoms with Crippen molar-refractivity contribution < 1.29 is 5.11 Å². The molecule has 1 aliphatic carbocycles. The Hall–Kier alpha value is -0.820. The van der Waals surface area contributed by atoms with Gasteiger partial charge in [0.05, 0.1) is 0 Å². The SMILES string of the molecule is OCC#Cc1ccsc1CN1CCCC2CCCCC21. The van der Waals surface area contributed by atoms with E-state index in [0.29, 0.717) is 0 Å². The van der Waals surface area contributed by atoms with E-state index in [1.807, 2.05) is 11.3 Å². The molecule has 0 amide bonds. The molecule has 20 heavy (non-hydrogen) atoms. The van der Waals surface area contributed by atoms with Gasteiger partial charge in [0, 0.05) is 23.0 Å². The lowest BCUT2D eigenvalue weighted by Gasteiger charge is -2.44. The van der Waals surface area contributed by atoms with E-state index in [-0.39, 0.29) is 6.61 Å². The van der Waals surface area contributed by atoms with E-state index in [0.717, 1.165) is 24.1 Å². The van der Waals surface area contributed by atoms with Gasteiger partial charge in [-0.2, -0.15) is 0 Å². The summed E-state index contributed by atoms with van der Waals surface area (Å²) < 4.78 is 0. The zero-order valence-electron chi connectivity index (χ0n) is 12.0. The van der Waals surface area contributed by atoms with E-state index in [9.17, 15) is 0 Å². The van der Waals surface area contributed by atoms with Crippen molar-refractivity contribution in [2.45, 2.75) is 51.1 Å². The molecule has 3 rings (SSSR count). The molecule has 1 saturated carbocycles. The highest BCUT2D eigenvalue weighted by molar-refractivity contribution is 7.10. The first-order chi connectivity index (χ1) is 9.88. The molecule has 1 aliphatic heterocycles. The molecule has 2 fully saturated rings. The highest BCUT2D eigenvalue weighted by Crippen LogP contribution is 2.36. The van der Waals surface area contributed by atoms with Crippen LogP contribution >= 0.6 is 11.3 Å². The maximum atomic E-state index is 8.85. The van der Waals surface area contributed by atoms with Crippen molar-refractivity contribution in [2.75, 3.05) is 13.2 Å². The second-order valence-electron chi connectivity index (χ2n) is 5.94. The highest BCUT2D eigenvalue weighted by atomic mass is 32.1. The summed E-state index contributed by atoms with van der Waals surface area (Å²) in [7, 11) is 0. The first kappa shape index (κ1) is 14.1. The van der Waals surface area contributed by atoms with Crippen LogP contribution in [0.3, 0.4) is 0 Å². The average molecular weight is 289 g/mol. The largest absolute Gasteiger partial charge is 0.384 e. The number of hydrogen-bond donors (Lipinski definition) is 1. The molecule has 2 unspecified atom stereocenters. The number of aliphatic hydroxyl groups excluding tert-OH is 1. The van der Waals surface area contributed by atoms with Crippen molar-refractivity contribution in [3.63, 3.8) is 0 Å². The Morgan fingerprint density at radius 3 is 3.00 bits per heavy atom. The normalized spacial score (nSPS) is 26.6. The van der Waals surface area contributed by atoms with Crippen molar-refractivity contribution in [2.24, 2.45) is 5.92 Å². The molecule has 1 saturated heterocycles. The molecular weight excluding hydrogens is 266 g/mol. The van der Waals surface area contributed by atoms with Crippen LogP contribution in [0.15, 0.2) is 11.4 Å². The van der Waals surface area contributed by atoms with E-state index >= 15 is 0 Å². The molecule has 2 atom stereocenters. The van der Waals surface area contributed by atoms with E-state index in [1.165, 1.54) is 49.9 Å². The minimum Gasteiger partial charge on any atom is -0.384 e.